The van der Waals surface area contributed by atoms with Crippen LogP contribution >= 0.6 is 0 Å². The second-order valence-corrected chi connectivity index (χ2v) is 4.24. The van der Waals surface area contributed by atoms with Crippen LogP contribution in [0.3, 0.4) is 0 Å². The van der Waals surface area contributed by atoms with Gasteiger partial charge < -0.3 is 10.2 Å². The topological polar surface area (TPSA) is 49.4 Å². The van der Waals surface area contributed by atoms with Crippen molar-refractivity contribution in [2.75, 3.05) is 6.54 Å². The van der Waals surface area contributed by atoms with Crippen molar-refractivity contribution in [2.45, 2.75) is 38.8 Å². The van der Waals surface area contributed by atoms with Gasteiger partial charge in [-0.25, -0.2) is 0 Å². The van der Waals surface area contributed by atoms with Crippen LogP contribution in [0.4, 0.5) is 0 Å². The van der Waals surface area contributed by atoms with Gasteiger partial charge in [-0.1, -0.05) is 0 Å². The van der Waals surface area contributed by atoms with E-state index in [4.69, 9.17) is 6.42 Å². The van der Waals surface area contributed by atoms with Gasteiger partial charge in [0.1, 0.15) is 11.6 Å². The first-order valence-electron chi connectivity index (χ1n) is 4.96. The summed E-state index contributed by atoms with van der Waals surface area (Å²) < 4.78 is 0. The summed E-state index contributed by atoms with van der Waals surface area (Å²) in [6.07, 6.45) is 5.62. The third kappa shape index (κ3) is 2.12. The third-order valence-corrected chi connectivity index (χ3v) is 2.58. The van der Waals surface area contributed by atoms with Gasteiger partial charge in [-0.05, 0) is 20.8 Å². The molecule has 0 aromatic carbocycles. The summed E-state index contributed by atoms with van der Waals surface area (Å²) in [6.45, 7) is 5.54. The highest BCUT2D eigenvalue weighted by molar-refractivity contribution is 5.99. The molecule has 1 fully saturated rings. The minimum Gasteiger partial charge on any atom is -0.340 e. The van der Waals surface area contributed by atoms with E-state index in [1.54, 1.807) is 25.7 Å². The van der Waals surface area contributed by atoms with Crippen LogP contribution in [-0.2, 0) is 9.59 Å². The fourth-order valence-electron chi connectivity index (χ4n) is 1.62. The van der Waals surface area contributed by atoms with Gasteiger partial charge in [-0.15, -0.1) is 12.3 Å². The molecule has 0 aliphatic carbocycles. The minimum absolute atomic E-state index is 0.0788. The molecule has 0 spiro atoms. The van der Waals surface area contributed by atoms with Gasteiger partial charge >= 0.3 is 0 Å². The Hall–Kier alpha value is -1.50. The van der Waals surface area contributed by atoms with E-state index >= 15 is 0 Å². The molecule has 15 heavy (non-hydrogen) atoms. The SMILES string of the molecule is C#CCCN1C(=O)C(C)(C)NC(=O)C1C. The lowest BCUT2D eigenvalue weighted by Crippen LogP contribution is -2.67. The summed E-state index contributed by atoms with van der Waals surface area (Å²) in [5.41, 5.74) is -0.821. The summed E-state index contributed by atoms with van der Waals surface area (Å²) >= 11 is 0. The molecule has 4 heteroatoms. The van der Waals surface area contributed by atoms with Gasteiger partial charge in [0.2, 0.25) is 11.8 Å². The Balaban J connectivity index is 2.86. The van der Waals surface area contributed by atoms with E-state index in [1.165, 1.54) is 0 Å². The highest BCUT2D eigenvalue weighted by Gasteiger charge is 2.42. The summed E-state index contributed by atoms with van der Waals surface area (Å²) in [5.74, 6) is 2.27. The van der Waals surface area contributed by atoms with E-state index in [0.717, 1.165) is 0 Å². The van der Waals surface area contributed by atoms with Crippen molar-refractivity contribution in [2.24, 2.45) is 0 Å². The predicted octanol–water partition coefficient (Wildman–Crippen LogP) is 0.135. The molecule has 1 heterocycles. The zero-order chi connectivity index (χ0) is 11.6. The molecule has 4 nitrogen and oxygen atoms in total. The summed E-state index contributed by atoms with van der Waals surface area (Å²) in [5, 5.41) is 2.68. The third-order valence-electron chi connectivity index (χ3n) is 2.58. The van der Waals surface area contributed by atoms with E-state index in [2.05, 4.69) is 11.2 Å². The number of hydrogen-bond acceptors (Lipinski definition) is 2. The van der Waals surface area contributed by atoms with Crippen LogP contribution < -0.4 is 5.32 Å². The molecule has 0 aromatic rings. The smallest absolute Gasteiger partial charge is 0.248 e. The Bertz CT molecular complexity index is 328. The largest absolute Gasteiger partial charge is 0.340 e. The van der Waals surface area contributed by atoms with Gasteiger partial charge in [-0.3, -0.25) is 9.59 Å². The molecule has 0 radical (unpaired) electrons. The van der Waals surface area contributed by atoms with Gasteiger partial charge in [0.15, 0.2) is 0 Å². The maximum atomic E-state index is 12.0. The Morgan fingerprint density at radius 1 is 1.53 bits per heavy atom. The number of rotatable bonds is 2. The highest BCUT2D eigenvalue weighted by Crippen LogP contribution is 2.17. The molecule has 1 aliphatic heterocycles. The number of amides is 2. The molecule has 1 atom stereocenters. The standard InChI is InChI=1S/C11H16N2O2/c1-5-6-7-13-8(2)9(14)12-11(3,4)10(13)15/h1,8H,6-7H2,2-4H3,(H,12,14). The predicted molar refractivity (Wildman–Crippen MR) is 56.8 cm³/mol. The lowest BCUT2D eigenvalue weighted by molar-refractivity contribution is -0.152. The molecule has 1 saturated heterocycles. The number of terminal acetylenes is 1. The molecular formula is C11H16N2O2. The monoisotopic (exact) mass is 208 g/mol. The van der Waals surface area contributed by atoms with E-state index < -0.39 is 11.6 Å². The second kappa shape index (κ2) is 3.93. The number of piperazine rings is 1. The van der Waals surface area contributed by atoms with E-state index in [9.17, 15) is 9.59 Å². The zero-order valence-electron chi connectivity index (χ0n) is 9.33. The molecule has 1 unspecified atom stereocenters. The van der Waals surface area contributed by atoms with Gasteiger partial charge in [0, 0.05) is 13.0 Å². The van der Waals surface area contributed by atoms with Gasteiger partial charge in [-0.2, -0.15) is 0 Å². The Morgan fingerprint density at radius 3 is 2.67 bits per heavy atom. The first-order valence-corrected chi connectivity index (χ1v) is 4.96. The normalized spacial score (nSPS) is 24.7. The quantitative estimate of drug-likeness (QED) is 0.656. The second-order valence-electron chi connectivity index (χ2n) is 4.24. The first-order chi connectivity index (χ1) is 6.90. The van der Waals surface area contributed by atoms with Crippen molar-refractivity contribution < 1.29 is 9.59 Å². The summed E-state index contributed by atoms with van der Waals surface area (Å²) in [4.78, 5) is 25.1. The lowest BCUT2D eigenvalue weighted by atomic mass is 9.97. The molecular weight excluding hydrogens is 192 g/mol. The summed E-state index contributed by atoms with van der Waals surface area (Å²) in [6, 6.07) is -0.432. The van der Waals surface area contributed by atoms with Crippen molar-refractivity contribution >= 4 is 11.8 Å². The van der Waals surface area contributed by atoms with Crippen molar-refractivity contribution in [1.82, 2.24) is 10.2 Å². The van der Waals surface area contributed by atoms with E-state index in [0.29, 0.717) is 13.0 Å². The van der Waals surface area contributed by atoms with E-state index in [1.807, 2.05) is 0 Å². The van der Waals surface area contributed by atoms with Crippen molar-refractivity contribution in [1.29, 1.82) is 0 Å². The van der Waals surface area contributed by atoms with Crippen LogP contribution in [-0.4, -0.2) is 34.8 Å². The summed E-state index contributed by atoms with van der Waals surface area (Å²) in [7, 11) is 0. The molecule has 2 amide bonds. The van der Waals surface area contributed by atoms with Crippen LogP contribution in [0.5, 0.6) is 0 Å². The molecule has 1 rings (SSSR count). The lowest BCUT2D eigenvalue weighted by Gasteiger charge is -2.41. The molecule has 82 valence electrons. The molecule has 1 N–H and O–H groups in total. The Kier molecular flexibility index (Phi) is 3.04. The first kappa shape index (κ1) is 11.6. The number of nitrogens with one attached hydrogen (secondary N) is 1. The maximum absolute atomic E-state index is 12.0. The average Bonchev–Trinajstić information content (AvgIpc) is 2.15. The van der Waals surface area contributed by atoms with Crippen LogP contribution in [0, 0.1) is 12.3 Å². The van der Waals surface area contributed by atoms with Gasteiger partial charge in [0.05, 0.1) is 0 Å². The zero-order valence-corrected chi connectivity index (χ0v) is 9.33. The van der Waals surface area contributed by atoms with Crippen LogP contribution in [0.2, 0.25) is 0 Å². The van der Waals surface area contributed by atoms with Gasteiger partial charge in [0.25, 0.3) is 0 Å². The molecule has 0 bridgehead atoms. The maximum Gasteiger partial charge on any atom is 0.248 e. The van der Waals surface area contributed by atoms with Crippen molar-refractivity contribution in [3.05, 3.63) is 0 Å². The number of hydrogen-bond donors (Lipinski definition) is 1. The van der Waals surface area contributed by atoms with Crippen LogP contribution in [0.25, 0.3) is 0 Å². The molecule has 0 aromatic heterocycles. The number of nitrogens with zero attached hydrogens (tertiary/aromatic N) is 1. The van der Waals surface area contributed by atoms with Crippen LogP contribution in [0.15, 0.2) is 0 Å². The van der Waals surface area contributed by atoms with E-state index in [-0.39, 0.29) is 11.8 Å². The van der Waals surface area contributed by atoms with Crippen molar-refractivity contribution in [3.63, 3.8) is 0 Å². The van der Waals surface area contributed by atoms with Crippen LogP contribution in [0.1, 0.15) is 27.2 Å². The fourth-order valence-corrected chi connectivity index (χ4v) is 1.62. The highest BCUT2D eigenvalue weighted by atomic mass is 16.2. The molecule has 1 aliphatic rings. The average molecular weight is 208 g/mol. The fraction of sp³-hybridized carbons (Fsp3) is 0.636. The number of carbonyl (C=O) groups excluding carboxylic acids is 2. The Morgan fingerprint density at radius 2 is 2.13 bits per heavy atom. The Labute approximate surface area is 90.0 Å². The molecule has 0 saturated carbocycles. The number of carbonyl (C=O) groups is 2. The van der Waals surface area contributed by atoms with Crippen molar-refractivity contribution in [3.8, 4) is 12.3 Å². The minimum atomic E-state index is -0.821.